The lowest BCUT2D eigenvalue weighted by molar-refractivity contribution is 0.203. The monoisotopic (exact) mass is 556 g/mol. The highest BCUT2D eigenvalue weighted by Crippen LogP contribution is 2.23. The van der Waals surface area contributed by atoms with Gasteiger partial charge in [-0.3, -0.25) is 0 Å². The van der Waals surface area contributed by atoms with E-state index in [1.165, 1.54) is 11.3 Å². The third-order valence-electron chi connectivity index (χ3n) is 5.58. The first-order valence-corrected chi connectivity index (χ1v) is 11.3. The number of guanidine groups is 1. The van der Waals surface area contributed by atoms with Gasteiger partial charge in [0.05, 0.1) is 6.54 Å². The molecule has 3 rings (SSSR count). The molecule has 0 amide bonds. The lowest BCUT2D eigenvalue weighted by atomic mass is 9.97. The van der Waals surface area contributed by atoms with E-state index in [1.54, 1.807) is 0 Å². The molecule has 0 unspecified atom stereocenters. The largest absolute Gasteiger partial charge is 0.396 e. The van der Waals surface area contributed by atoms with Crippen molar-refractivity contribution in [1.29, 1.82) is 0 Å². The number of aliphatic hydroxyl groups excluding tert-OH is 1. The molecule has 5 nitrogen and oxygen atoms in total. The zero-order chi connectivity index (χ0) is 21.2. The first-order chi connectivity index (χ1) is 14.7. The van der Waals surface area contributed by atoms with E-state index in [9.17, 15) is 5.11 Å². The highest BCUT2D eigenvalue weighted by molar-refractivity contribution is 14.0. The Morgan fingerprint density at radius 2 is 1.81 bits per heavy atom. The Kier molecular flexibility index (Phi) is 11.5. The number of hydrogen-bond acceptors (Lipinski definition) is 3. The quantitative estimate of drug-likeness (QED) is 0.255. The van der Waals surface area contributed by atoms with Gasteiger partial charge in [0.1, 0.15) is 0 Å². The number of nitrogens with zero attached hydrogens (tertiary/aromatic N) is 2. The number of hydrogen-bond donors (Lipinski definition) is 3. The number of aliphatic imine (C=N–C) groups is 1. The molecular weight excluding hydrogens is 523 g/mol. The number of piperidine rings is 1. The first-order valence-electron chi connectivity index (χ1n) is 10.9. The SMILES string of the molecule is CCNC(=NCc1ccc(N2CCC(CO)CC2)cc1)NCCc1ccccc1Cl.I. The minimum atomic E-state index is 0. The van der Waals surface area contributed by atoms with Crippen LogP contribution in [0.4, 0.5) is 5.69 Å². The lowest BCUT2D eigenvalue weighted by Crippen LogP contribution is -2.38. The van der Waals surface area contributed by atoms with E-state index >= 15 is 0 Å². The van der Waals surface area contributed by atoms with Crippen LogP contribution < -0.4 is 15.5 Å². The summed E-state index contributed by atoms with van der Waals surface area (Å²) in [5.41, 5.74) is 3.58. The number of halogens is 2. The first kappa shape index (κ1) is 25.7. The van der Waals surface area contributed by atoms with Gasteiger partial charge in [0.25, 0.3) is 0 Å². The van der Waals surface area contributed by atoms with Crippen molar-refractivity contribution in [2.24, 2.45) is 10.9 Å². The summed E-state index contributed by atoms with van der Waals surface area (Å²) < 4.78 is 0. The normalized spacial score (nSPS) is 14.8. The van der Waals surface area contributed by atoms with Gasteiger partial charge >= 0.3 is 0 Å². The fourth-order valence-corrected chi connectivity index (χ4v) is 3.94. The second kappa shape index (κ2) is 13.8. The molecule has 1 saturated heterocycles. The Balaban J connectivity index is 0.00000341. The van der Waals surface area contributed by atoms with Crippen LogP contribution >= 0.6 is 35.6 Å². The molecule has 0 atom stereocenters. The average molecular weight is 557 g/mol. The van der Waals surface area contributed by atoms with Crippen molar-refractivity contribution in [2.75, 3.05) is 37.7 Å². The fraction of sp³-hybridized carbons (Fsp3) is 0.458. The van der Waals surface area contributed by atoms with Gasteiger partial charge in [0.2, 0.25) is 0 Å². The van der Waals surface area contributed by atoms with E-state index in [-0.39, 0.29) is 24.0 Å². The lowest BCUT2D eigenvalue weighted by Gasteiger charge is -2.32. The molecule has 0 spiro atoms. The molecule has 0 aliphatic carbocycles. The van der Waals surface area contributed by atoms with Crippen LogP contribution in [0.1, 0.15) is 30.9 Å². The van der Waals surface area contributed by atoms with E-state index in [1.807, 2.05) is 18.2 Å². The van der Waals surface area contributed by atoms with E-state index < -0.39 is 0 Å². The molecule has 2 aromatic carbocycles. The van der Waals surface area contributed by atoms with E-state index in [0.717, 1.165) is 62.0 Å². The highest BCUT2D eigenvalue weighted by Gasteiger charge is 2.18. The molecule has 7 heteroatoms. The Labute approximate surface area is 208 Å². The molecule has 1 aliphatic heterocycles. The van der Waals surface area contributed by atoms with Crippen molar-refractivity contribution in [3.05, 3.63) is 64.7 Å². The average Bonchev–Trinajstić information content (AvgIpc) is 2.79. The molecule has 3 N–H and O–H groups in total. The predicted molar refractivity (Wildman–Crippen MR) is 142 cm³/mol. The minimum absolute atomic E-state index is 0. The van der Waals surface area contributed by atoms with Crippen LogP contribution in [0.15, 0.2) is 53.5 Å². The Morgan fingerprint density at radius 3 is 2.45 bits per heavy atom. The molecule has 1 aliphatic rings. The number of benzene rings is 2. The molecule has 0 bridgehead atoms. The zero-order valence-electron chi connectivity index (χ0n) is 18.2. The molecule has 1 heterocycles. The van der Waals surface area contributed by atoms with Gasteiger partial charge in [-0.25, -0.2) is 4.99 Å². The van der Waals surface area contributed by atoms with Crippen LogP contribution in [0.25, 0.3) is 0 Å². The molecular formula is C24H34ClIN4O. The summed E-state index contributed by atoms with van der Waals surface area (Å²) in [6.07, 6.45) is 2.98. The van der Waals surface area contributed by atoms with Crippen LogP contribution in [-0.2, 0) is 13.0 Å². The summed E-state index contributed by atoms with van der Waals surface area (Å²) in [6.45, 7) is 6.64. The highest BCUT2D eigenvalue weighted by atomic mass is 127. The number of aliphatic hydroxyl groups is 1. The van der Waals surface area contributed by atoms with Crippen molar-refractivity contribution >= 4 is 47.2 Å². The van der Waals surface area contributed by atoms with Crippen LogP contribution in [0.5, 0.6) is 0 Å². The van der Waals surface area contributed by atoms with Crippen LogP contribution in [0, 0.1) is 5.92 Å². The van der Waals surface area contributed by atoms with Gasteiger partial charge in [0, 0.05) is 43.5 Å². The molecule has 1 fully saturated rings. The number of anilines is 1. The standard InChI is InChI=1S/C24H33ClN4O.HI/c1-2-26-24(27-14-11-21-5-3-4-6-23(21)25)28-17-19-7-9-22(10-8-19)29-15-12-20(18-30)13-16-29;/h3-10,20,30H,2,11-18H2,1H3,(H2,26,27,28);1H. The van der Waals surface area contributed by atoms with Crippen molar-refractivity contribution in [1.82, 2.24) is 10.6 Å². The Morgan fingerprint density at radius 1 is 1.10 bits per heavy atom. The van der Waals surface area contributed by atoms with Crippen molar-refractivity contribution in [2.45, 2.75) is 32.7 Å². The summed E-state index contributed by atoms with van der Waals surface area (Å²) in [5.74, 6) is 1.28. The van der Waals surface area contributed by atoms with Crippen molar-refractivity contribution in [3.8, 4) is 0 Å². The molecule has 170 valence electrons. The maximum atomic E-state index is 9.30. The Hall–Kier alpha value is -1.51. The van der Waals surface area contributed by atoms with Crippen molar-refractivity contribution in [3.63, 3.8) is 0 Å². The van der Waals surface area contributed by atoms with Crippen LogP contribution in [-0.4, -0.2) is 43.9 Å². The van der Waals surface area contributed by atoms with E-state index in [4.69, 9.17) is 16.6 Å². The van der Waals surface area contributed by atoms with Gasteiger partial charge in [-0.2, -0.15) is 0 Å². The minimum Gasteiger partial charge on any atom is -0.396 e. The van der Waals surface area contributed by atoms with Gasteiger partial charge in [-0.1, -0.05) is 41.9 Å². The van der Waals surface area contributed by atoms with Gasteiger partial charge in [-0.05, 0) is 61.4 Å². The molecule has 2 aromatic rings. The van der Waals surface area contributed by atoms with Gasteiger partial charge in [-0.15, -0.1) is 24.0 Å². The molecule has 31 heavy (non-hydrogen) atoms. The maximum absolute atomic E-state index is 9.30. The van der Waals surface area contributed by atoms with E-state index in [0.29, 0.717) is 19.1 Å². The third kappa shape index (κ3) is 8.16. The predicted octanol–water partition coefficient (Wildman–Crippen LogP) is 4.46. The second-order valence-corrected chi connectivity index (χ2v) is 8.15. The van der Waals surface area contributed by atoms with Crippen LogP contribution in [0.2, 0.25) is 5.02 Å². The topological polar surface area (TPSA) is 59.9 Å². The molecule has 0 aromatic heterocycles. The molecule has 0 saturated carbocycles. The fourth-order valence-electron chi connectivity index (χ4n) is 3.71. The number of nitrogens with one attached hydrogen (secondary N) is 2. The van der Waals surface area contributed by atoms with Gasteiger partial charge < -0.3 is 20.6 Å². The zero-order valence-corrected chi connectivity index (χ0v) is 21.3. The van der Waals surface area contributed by atoms with Gasteiger partial charge in [0.15, 0.2) is 5.96 Å². The Bertz CT molecular complexity index is 807. The summed E-state index contributed by atoms with van der Waals surface area (Å²) in [6, 6.07) is 16.6. The molecule has 0 radical (unpaired) electrons. The van der Waals surface area contributed by atoms with Crippen molar-refractivity contribution < 1.29 is 5.11 Å². The maximum Gasteiger partial charge on any atom is 0.191 e. The van der Waals surface area contributed by atoms with Crippen LogP contribution in [0.3, 0.4) is 0 Å². The summed E-state index contributed by atoms with van der Waals surface area (Å²) in [5, 5.41) is 16.8. The smallest absolute Gasteiger partial charge is 0.191 e. The van der Waals surface area contributed by atoms with E-state index in [2.05, 4.69) is 52.8 Å². The summed E-state index contributed by atoms with van der Waals surface area (Å²) in [4.78, 5) is 7.12. The summed E-state index contributed by atoms with van der Waals surface area (Å²) in [7, 11) is 0. The third-order valence-corrected chi connectivity index (χ3v) is 5.95. The summed E-state index contributed by atoms with van der Waals surface area (Å²) >= 11 is 6.24. The second-order valence-electron chi connectivity index (χ2n) is 7.74. The number of rotatable bonds is 8.